The third-order valence-electron chi connectivity index (χ3n) is 3.48. The lowest BCUT2D eigenvalue weighted by atomic mass is 10.1. The van der Waals surface area contributed by atoms with Gasteiger partial charge in [0, 0.05) is 6.07 Å². The quantitative estimate of drug-likeness (QED) is 0.747. The molecule has 0 spiro atoms. The summed E-state index contributed by atoms with van der Waals surface area (Å²) in [6.45, 7) is 6.43. The molecule has 1 aromatic rings. The lowest BCUT2D eigenvalue weighted by Crippen LogP contribution is -2.45. The van der Waals surface area contributed by atoms with Crippen LogP contribution < -0.4 is 14.2 Å². The second-order valence-corrected chi connectivity index (χ2v) is 7.53. The molecule has 0 amide bonds. The van der Waals surface area contributed by atoms with Crippen molar-refractivity contribution in [2.24, 2.45) is 5.92 Å². The average molecular weight is 357 g/mol. The molecule has 0 radical (unpaired) electrons. The Labute approximate surface area is 142 Å². The number of benzene rings is 1. The lowest BCUT2D eigenvalue weighted by molar-refractivity contribution is -0.146. The highest BCUT2D eigenvalue weighted by Crippen LogP contribution is 2.32. The van der Waals surface area contributed by atoms with Gasteiger partial charge in [0.1, 0.15) is 19.3 Å². The molecule has 0 fully saturated rings. The summed E-state index contributed by atoms with van der Waals surface area (Å²) in [7, 11) is -3.89. The molecule has 0 saturated carbocycles. The minimum Gasteiger partial charge on any atom is -0.486 e. The summed E-state index contributed by atoms with van der Waals surface area (Å²) in [5.41, 5.74) is 0. The van der Waals surface area contributed by atoms with Crippen LogP contribution in [-0.4, -0.2) is 40.2 Å². The zero-order chi connectivity index (χ0) is 17.7. The first-order valence-electron chi connectivity index (χ1n) is 7.93. The van der Waals surface area contributed by atoms with Crippen LogP contribution in [-0.2, 0) is 19.6 Å². The maximum Gasteiger partial charge on any atom is 0.324 e. The zero-order valence-corrected chi connectivity index (χ0v) is 14.9. The molecular weight excluding hydrogens is 334 g/mol. The number of sulfonamides is 1. The highest BCUT2D eigenvalue weighted by Gasteiger charge is 2.30. The van der Waals surface area contributed by atoms with Crippen molar-refractivity contribution < 1.29 is 27.4 Å². The van der Waals surface area contributed by atoms with E-state index >= 15 is 0 Å². The van der Waals surface area contributed by atoms with Crippen molar-refractivity contribution in [1.82, 2.24) is 4.72 Å². The normalized spacial score (nSPS) is 15.2. The summed E-state index contributed by atoms with van der Waals surface area (Å²) in [6.07, 6.45) is 0.672. The first kappa shape index (κ1) is 18.5. The third kappa shape index (κ3) is 4.39. The van der Waals surface area contributed by atoms with Gasteiger partial charge in [-0.2, -0.15) is 4.72 Å². The highest BCUT2D eigenvalue weighted by molar-refractivity contribution is 7.89. The number of fused-ring (bicyclic) bond motifs is 1. The molecule has 1 atom stereocenters. The fourth-order valence-corrected chi connectivity index (χ4v) is 3.52. The van der Waals surface area contributed by atoms with Crippen LogP contribution in [0.3, 0.4) is 0 Å². The third-order valence-corrected chi connectivity index (χ3v) is 4.91. The Bertz CT molecular complexity index is 686. The Hall–Kier alpha value is -1.80. The Morgan fingerprint density at radius 1 is 1.25 bits per heavy atom. The molecule has 0 aliphatic carbocycles. The summed E-state index contributed by atoms with van der Waals surface area (Å²) in [6, 6.07) is 3.41. The number of hydrogen-bond acceptors (Lipinski definition) is 6. The zero-order valence-electron chi connectivity index (χ0n) is 14.1. The van der Waals surface area contributed by atoms with E-state index in [1.165, 1.54) is 12.1 Å². The maximum absolute atomic E-state index is 12.6. The Morgan fingerprint density at radius 3 is 2.54 bits per heavy atom. The molecule has 24 heavy (non-hydrogen) atoms. The lowest BCUT2D eigenvalue weighted by Gasteiger charge is -2.22. The van der Waals surface area contributed by atoms with E-state index in [-0.39, 0.29) is 17.4 Å². The van der Waals surface area contributed by atoms with E-state index in [4.69, 9.17) is 14.2 Å². The molecule has 0 unspecified atom stereocenters. The Kier molecular flexibility index (Phi) is 6.06. The van der Waals surface area contributed by atoms with Crippen LogP contribution in [0, 0.1) is 5.92 Å². The van der Waals surface area contributed by atoms with Crippen LogP contribution in [0.15, 0.2) is 23.1 Å². The van der Waals surface area contributed by atoms with Crippen LogP contribution in [0.1, 0.15) is 27.2 Å². The average Bonchev–Trinajstić information content (AvgIpc) is 2.56. The van der Waals surface area contributed by atoms with Gasteiger partial charge in [0.25, 0.3) is 0 Å². The Morgan fingerprint density at radius 2 is 1.92 bits per heavy atom. The van der Waals surface area contributed by atoms with Gasteiger partial charge in [0.05, 0.1) is 11.5 Å². The molecule has 1 aliphatic rings. The van der Waals surface area contributed by atoms with Crippen LogP contribution in [0.25, 0.3) is 0 Å². The summed E-state index contributed by atoms with van der Waals surface area (Å²) < 4.78 is 43.5. The summed E-state index contributed by atoms with van der Waals surface area (Å²) >= 11 is 0. The van der Waals surface area contributed by atoms with Crippen molar-refractivity contribution in [2.45, 2.75) is 38.1 Å². The van der Waals surface area contributed by atoms with Gasteiger partial charge in [-0.25, -0.2) is 8.42 Å². The van der Waals surface area contributed by atoms with Crippen molar-refractivity contribution in [2.75, 3.05) is 19.8 Å². The van der Waals surface area contributed by atoms with Gasteiger partial charge in [-0.05, 0) is 24.5 Å². The molecule has 0 bridgehead atoms. The first-order chi connectivity index (χ1) is 11.3. The first-order valence-corrected chi connectivity index (χ1v) is 9.42. The van der Waals surface area contributed by atoms with E-state index in [9.17, 15) is 13.2 Å². The van der Waals surface area contributed by atoms with Gasteiger partial charge >= 0.3 is 5.97 Å². The van der Waals surface area contributed by atoms with Crippen molar-refractivity contribution in [3.8, 4) is 11.5 Å². The van der Waals surface area contributed by atoms with Gasteiger partial charge in [-0.3, -0.25) is 4.79 Å². The minimum atomic E-state index is -3.89. The van der Waals surface area contributed by atoms with Gasteiger partial charge in [-0.1, -0.05) is 20.8 Å². The standard InChI is InChI=1S/C16H23NO6S/c1-4-7-23-16(18)15(11(2)3)17-24(19,20)12-5-6-13-14(10-12)22-9-8-21-13/h5-6,10-11,15,17H,4,7-9H2,1-3H3/t15-/m1/s1. The molecule has 134 valence electrons. The van der Waals surface area contributed by atoms with Crippen LogP contribution in [0.4, 0.5) is 0 Å². The van der Waals surface area contributed by atoms with E-state index in [0.29, 0.717) is 31.1 Å². The van der Waals surface area contributed by atoms with E-state index in [1.807, 2.05) is 6.92 Å². The fraction of sp³-hybridized carbons (Fsp3) is 0.562. The summed E-state index contributed by atoms with van der Waals surface area (Å²) in [4.78, 5) is 12.1. The molecule has 0 saturated heterocycles. The molecule has 2 rings (SSSR count). The number of ether oxygens (including phenoxy) is 3. The van der Waals surface area contributed by atoms with E-state index < -0.39 is 22.0 Å². The monoisotopic (exact) mass is 357 g/mol. The number of hydrogen-bond donors (Lipinski definition) is 1. The Balaban J connectivity index is 2.20. The molecular formula is C16H23NO6S. The molecule has 1 heterocycles. The van der Waals surface area contributed by atoms with Gasteiger partial charge < -0.3 is 14.2 Å². The molecule has 1 aromatic carbocycles. The summed E-state index contributed by atoms with van der Waals surface area (Å²) in [5.74, 6) is 0.0519. The van der Waals surface area contributed by atoms with Crippen LogP contribution in [0.5, 0.6) is 11.5 Å². The second kappa shape index (κ2) is 7.85. The van der Waals surface area contributed by atoms with Gasteiger partial charge in [-0.15, -0.1) is 0 Å². The van der Waals surface area contributed by atoms with E-state index in [2.05, 4.69) is 4.72 Å². The van der Waals surface area contributed by atoms with E-state index in [0.717, 1.165) is 0 Å². The molecule has 7 nitrogen and oxygen atoms in total. The van der Waals surface area contributed by atoms with Gasteiger partial charge in [0.15, 0.2) is 11.5 Å². The molecule has 1 aliphatic heterocycles. The second-order valence-electron chi connectivity index (χ2n) is 5.82. The molecule has 8 heteroatoms. The molecule has 0 aromatic heterocycles. The predicted octanol–water partition coefficient (Wildman–Crippen LogP) is 1.71. The number of carbonyl (C=O) groups excluding carboxylic acids is 1. The van der Waals surface area contributed by atoms with Crippen molar-refractivity contribution in [1.29, 1.82) is 0 Å². The highest BCUT2D eigenvalue weighted by atomic mass is 32.2. The molecule has 1 N–H and O–H groups in total. The number of carbonyl (C=O) groups is 1. The largest absolute Gasteiger partial charge is 0.486 e. The van der Waals surface area contributed by atoms with E-state index in [1.54, 1.807) is 19.9 Å². The number of esters is 1. The van der Waals surface area contributed by atoms with Crippen LogP contribution in [0.2, 0.25) is 0 Å². The maximum atomic E-state index is 12.6. The van der Waals surface area contributed by atoms with Crippen LogP contribution >= 0.6 is 0 Å². The number of nitrogens with one attached hydrogen (secondary N) is 1. The van der Waals surface area contributed by atoms with Gasteiger partial charge in [0.2, 0.25) is 10.0 Å². The SMILES string of the molecule is CCCOC(=O)[C@H](NS(=O)(=O)c1ccc2c(c1)OCCO2)C(C)C. The van der Waals surface area contributed by atoms with Crippen molar-refractivity contribution in [3.05, 3.63) is 18.2 Å². The smallest absolute Gasteiger partial charge is 0.324 e. The predicted molar refractivity (Wildman–Crippen MR) is 87.6 cm³/mol. The number of rotatable bonds is 7. The fourth-order valence-electron chi connectivity index (χ4n) is 2.17. The topological polar surface area (TPSA) is 90.9 Å². The minimum absolute atomic E-state index is 0.0145. The van der Waals surface area contributed by atoms with Crippen molar-refractivity contribution >= 4 is 16.0 Å². The summed E-state index contributed by atoms with van der Waals surface area (Å²) in [5, 5.41) is 0. The van der Waals surface area contributed by atoms with Crippen molar-refractivity contribution in [3.63, 3.8) is 0 Å².